The molecule has 1 saturated heterocycles. The van der Waals surface area contributed by atoms with Crippen LogP contribution >= 0.6 is 0 Å². The Morgan fingerprint density at radius 1 is 1.41 bits per heavy atom. The van der Waals surface area contributed by atoms with Crippen LogP contribution in [-0.4, -0.2) is 30.7 Å². The number of hydrogen-bond donors (Lipinski definition) is 0. The second-order valence-electron chi connectivity index (χ2n) is 6.03. The molecular weight excluding hydrogens is 280 g/mol. The minimum absolute atomic E-state index is 0.0427. The van der Waals surface area contributed by atoms with Crippen molar-refractivity contribution in [2.45, 2.75) is 19.4 Å². The first kappa shape index (κ1) is 14.6. The Labute approximate surface area is 129 Å². The van der Waals surface area contributed by atoms with Gasteiger partial charge in [-0.1, -0.05) is 12.1 Å². The maximum absolute atomic E-state index is 12.8. The van der Waals surface area contributed by atoms with Gasteiger partial charge < -0.3 is 14.4 Å². The average Bonchev–Trinajstić information content (AvgIpc) is 3.36. The van der Waals surface area contributed by atoms with Crippen LogP contribution in [0.5, 0.6) is 5.75 Å². The molecule has 3 rings (SSSR count). The summed E-state index contributed by atoms with van der Waals surface area (Å²) < 4.78 is 5.12. The third-order valence-electron chi connectivity index (χ3n) is 4.75. The lowest BCUT2D eigenvalue weighted by Gasteiger charge is -2.22. The van der Waals surface area contributed by atoms with Crippen molar-refractivity contribution in [3.63, 3.8) is 0 Å². The van der Waals surface area contributed by atoms with E-state index >= 15 is 0 Å². The molecule has 22 heavy (non-hydrogen) atoms. The van der Waals surface area contributed by atoms with Crippen molar-refractivity contribution in [1.82, 2.24) is 4.90 Å². The second-order valence-corrected chi connectivity index (χ2v) is 6.03. The van der Waals surface area contributed by atoms with Crippen molar-refractivity contribution < 1.29 is 14.3 Å². The lowest BCUT2D eigenvalue weighted by Crippen LogP contribution is -2.37. The molecule has 2 unspecified atom stereocenters. The van der Waals surface area contributed by atoms with Gasteiger partial charge >= 0.3 is 0 Å². The molecule has 0 radical (unpaired) electrons. The fraction of sp³-hybridized carbons (Fsp3) is 0.471. The van der Waals surface area contributed by atoms with Gasteiger partial charge in [-0.2, -0.15) is 5.26 Å². The molecule has 1 aliphatic heterocycles. The quantitative estimate of drug-likeness (QED) is 0.777. The third kappa shape index (κ3) is 2.16. The van der Waals surface area contributed by atoms with Gasteiger partial charge in [0.2, 0.25) is 5.91 Å². The van der Waals surface area contributed by atoms with Gasteiger partial charge in [-0.25, -0.2) is 0 Å². The number of nitriles is 1. The Balaban J connectivity index is 1.82. The fourth-order valence-electron chi connectivity index (χ4n) is 3.36. The molecule has 1 aliphatic carbocycles. The number of hydrogen-bond acceptors (Lipinski definition) is 4. The van der Waals surface area contributed by atoms with E-state index in [0.29, 0.717) is 13.1 Å². The minimum atomic E-state index is -1.13. The van der Waals surface area contributed by atoms with E-state index in [0.717, 1.165) is 30.4 Å². The maximum Gasteiger partial charge on any atom is 0.244 e. The SMILES string of the molecule is COc1ccc(CN2CC(C=O)C(C#N)(C3CC3)C2=O)cc1. The van der Waals surface area contributed by atoms with Gasteiger partial charge in [0.25, 0.3) is 0 Å². The normalized spacial score (nSPS) is 27.5. The maximum atomic E-state index is 12.8. The summed E-state index contributed by atoms with van der Waals surface area (Å²) in [5.41, 5.74) is -0.169. The van der Waals surface area contributed by atoms with Crippen molar-refractivity contribution >= 4 is 12.2 Å². The molecule has 1 heterocycles. The number of methoxy groups -OCH3 is 1. The summed E-state index contributed by atoms with van der Waals surface area (Å²) in [5.74, 6) is 0.0915. The Morgan fingerprint density at radius 2 is 2.09 bits per heavy atom. The van der Waals surface area contributed by atoms with Gasteiger partial charge in [0.15, 0.2) is 0 Å². The van der Waals surface area contributed by atoms with E-state index in [1.807, 2.05) is 24.3 Å². The number of nitrogens with zero attached hydrogens (tertiary/aromatic N) is 2. The molecule has 0 bridgehead atoms. The monoisotopic (exact) mass is 298 g/mol. The highest BCUT2D eigenvalue weighted by Crippen LogP contribution is 2.53. The fourth-order valence-corrected chi connectivity index (χ4v) is 3.36. The number of carbonyl (C=O) groups is 2. The molecule has 5 heteroatoms. The molecule has 2 fully saturated rings. The molecule has 2 atom stereocenters. The topological polar surface area (TPSA) is 70.4 Å². The summed E-state index contributed by atoms with van der Waals surface area (Å²) in [7, 11) is 1.60. The molecule has 114 valence electrons. The van der Waals surface area contributed by atoms with Crippen LogP contribution in [0.2, 0.25) is 0 Å². The van der Waals surface area contributed by atoms with Gasteiger partial charge in [0, 0.05) is 13.1 Å². The van der Waals surface area contributed by atoms with Crippen LogP contribution in [0, 0.1) is 28.6 Å². The van der Waals surface area contributed by atoms with E-state index in [4.69, 9.17) is 4.74 Å². The van der Waals surface area contributed by atoms with E-state index in [1.165, 1.54) is 0 Å². The van der Waals surface area contributed by atoms with E-state index < -0.39 is 11.3 Å². The number of benzene rings is 1. The summed E-state index contributed by atoms with van der Waals surface area (Å²) in [6, 6.07) is 9.65. The van der Waals surface area contributed by atoms with Crippen molar-refractivity contribution in [3.05, 3.63) is 29.8 Å². The predicted octanol–water partition coefficient (Wildman–Crippen LogP) is 1.77. The molecule has 0 aromatic heterocycles. The molecule has 1 aromatic rings. The molecule has 1 amide bonds. The Bertz CT molecular complexity index is 630. The van der Waals surface area contributed by atoms with Crippen LogP contribution in [0.3, 0.4) is 0 Å². The van der Waals surface area contributed by atoms with Crippen LogP contribution in [-0.2, 0) is 16.1 Å². The molecule has 0 spiro atoms. The Hall–Kier alpha value is -2.35. The van der Waals surface area contributed by atoms with Crippen molar-refractivity contribution in [2.24, 2.45) is 17.3 Å². The van der Waals surface area contributed by atoms with Gasteiger partial charge in [-0.05, 0) is 36.5 Å². The van der Waals surface area contributed by atoms with Crippen molar-refractivity contribution in [3.8, 4) is 11.8 Å². The van der Waals surface area contributed by atoms with E-state index in [-0.39, 0.29) is 11.8 Å². The summed E-state index contributed by atoms with van der Waals surface area (Å²) in [5, 5.41) is 9.58. The Kier molecular flexibility index (Phi) is 3.61. The van der Waals surface area contributed by atoms with Gasteiger partial charge in [-0.15, -0.1) is 0 Å². The molecule has 0 N–H and O–H groups in total. The number of aldehydes is 1. The highest BCUT2D eigenvalue weighted by molar-refractivity contribution is 5.92. The standard InChI is InChI=1S/C17H18N2O3/c1-22-15-6-2-12(3-7-15)8-19-9-14(10-20)17(11-18,16(19)21)13-4-5-13/h2-3,6-7,10,13-14H,4-5,8-9H2,1H3. The number of likely N-dealkylation sites (tertiary alicyclic amines) is 1. The number of amides is 1. The zero-order valence-electron chi connectivity index (χ0n) is 12.5. The van der Waals surface area contributed by atoms with Crippen LogP contribution in [0.15, 0.2) is 24.3 Å². The second kappa shape index (κ2) is 5.45. The molecule has 5 nitrogen and oxygen atoms in total. The highest BCUT2D eigenvalue weighted by atomic mass is 16.5. The van der Waals surface area contributed by atoms with Crippen molar-refractivity contribution in [2.75, 3.05) is 13.7 Å². The lowest BCUT2D eigenvalue weighted by molar-refractivity contribution is -0.136. The van der Waals surface area contributed by atoms with E-state index in [2.05, 4.69) is 6.07 Å². The first-order chi connectivity index (χ1) is 10.7. The summed E-state index contributed by atoms with van der Waals surface area (Å²) in [6.07, 6.45) is 2.51. The number of carbonyl (C=O) groups excluding carboxylic acids is 2. The largest absolute Gasteiger partial charge is 0.497 e. The minimum Gasteiger partial charge on any atom is -0.497 e. The molecular formula is C17H18N2O3. The molecule has 2 aliphatic rings. The van der Waals surface area contributed by atoms with Gasteiger partial charge in [0.05, 0.1) is 19.1 Å². The first-order valence-corrected chi connectivity index (χ1v) is 7.44. The smallest absolute Gasteiger partial charge is 0.244 e. The average molecular weight is 298 g/mol. The van der Waals surface area contributed by atoms with E-state index in [1.54, 1.807) is 12.0 Å². The van der Waals surface area contributed by atoms with Gasteiger partial charge in [0.1, 0.15) is 17.5 Å². The summed E-state index contributed by atoms with van der Waals surface area (Å²) in [4.78, 5) is 25.8. The highest BCUT2D eigenvalue weighted by Gasteiger charge is 2.62. The van der Waals surface area contributed by atoms with Gasteiger partial charge in [-0.3, -0.25) is 4.79 Å². The number of ether oxygens (including phenoxy) is 1. The summed E-state index contributed by atoms with van der Waals surface area (Å²) >= 11 is 0. The predicted molar refractivity (Wildman–Crippen MR) is 78.7 cm³/mol. The zero-order chi connectivity index (χ0) is 15.7. The lowest BCUT2D eigenvalue weighted by atomic mass is 9.75. The molecule has 1 saturated carbocycles. The summed E-state index contributed by atoms with van der Waals surface area (Å²) in [6.45, 7) is 0.752. The van der Waals surface area contributed by atoms with Crippen LogP contribution in [0.25, 0.3) is 0 Å². The van der Waals surface area contributed by atoms with Crippen molar-refractivity contribution in [1.29, 1.82) is 5.26 Å². The third-order valence-corrected chi connectivity index (χ3v) is 4.75. The van der Waals surface area contributed by atoms with Crippen LogP contribution < -0.4 is 4.74 Å². The van der Waals surface area contributed by atoms with E-state index in [9.17, 15) is 14.9 Å². The number of rotatable bonds is 5. The van der Waals surface area contributed by atoms with Crippen LogP contribution in [0.4, 0.5) is 0 Å². The zero-order valence-corrected chi connectivity index (χ0v) is 12.5. The molecule has 1 aromatic carbocycles. The Morgan fingerprint density at radius 3 is 2.59 bits per heavy atom. The van der Waals surface area contributed by atoms with Crippen LogP contribution in [0.1, 0.15) is 18.4 Å². The first-order valence-electron chi connectivity index (χ1n) is 7.44.